The molecule has 0 aliphatic carbocycles. The predicted molar refractivity (Wildman–Crippen MR) is 119 cm³/mol. The Bertz CT molecular complexity index is 1410. The van der Waals surface area contributed by atoms with E-state index in [4.69, 9.17) is 0 Å². The summed E-state index contributed by atoms with van der Waals surface area (Å²) in [5.74, 6) is -1.24. The second-order valence-corrected chi connectivity index (χ2v) is 14.8. The molecule has 6 nitrogen and oxygen atoms in total. The Morgan fingerprint density at radius 3 is 1.74 bits per heavy atom. The first-order chi connectivity index (χ1) is 15.9. The highest BCUT2D eigenvalue weighted by atomic mass is 32.4. The molecule has 3 aromatic rings. The molecular formula is C20H17F6NO5S3. The number of hydrogen-bond acceptors (Lipinski definition) is 5. The molecule has 0 heterocycles. The number of hydrogen-bond donors (Lipinski definition) is 1. The minimum atomic E-state index is -7.07. The first kappa shape index (κ1) is 27.1. The molecule has 1 N–H and O–H groups in total. The van der Waals surface area contributed by atoms with Crippen LogP contribution in [0.25, 0.3) is 10.8 Å². The molecular weight excluding hydrogens is 544 g/mol. The molecule has 0 bridgehead atoms. The van der Waals surface area contributed by atoms with Crippen LogP contribution in [0.2, 0.25) is 0 Å². The third kappa shape index (κ3) is 4.81. The van der Waals surface area contributed by atoms with Crippen molar-refractivity contribution in [2.24, 2.45) is 0 Å². The van der Waals surface area contributed by atoms with Crippen molar-refractivity contribution in [1.82, 2.24) is 3.12 Å². The van der Waals surface area contributed by atoms with Crippen LogP contribution in [0.15, 0.2) is 71.6 Å². The number of fused-ring (bicyclic) bond motifs is 1. The molecule has 0 spiro atoms. The summed E-state index contributed by atoms with van der Waals surface area (Å²) in [6.07, 6.45) is 0.730. The number of rotatable bonds is 6. The number of alkyl halides is 6. The van der Waals surface area contributed by atoms with Crippen molar-refractivity contribution in [1.29, 1.82) is 0 Å². The minimum Gasteiger partial charge on any atom is -0.508 e. The van der Waals surface area contributed by atoms with E-state index in [1.54, 1.807) is 24.3 Å². The van der Waals surface area contributed by atoms with Crippen LogP contribution in [0.3, 0.4) is 0 Å². The van der Waals surface area contributed by atoms with Gasteiger partial charge in [0.25, 0.3) is 0 Å². The Kier molecular flexibility index (Phi) is 6.87. The van der Waals surface area contributed by atoms with Crippen LogP contribution in [0.5, 0.6) is 5.75 Å². The van der Waals surface area contributed by atoms with Gasteiger partial charge in [0, 0.05) is 10.6 Å². The predicted octanol–water partition coefficient (Wildman–Crippen LogP) is 5.46. The van der Waals surface area contributed by atoms with Crippen molar-refractivity contribution in [2.75, 3.05) is 6.26 Å². The molecule has 1 unspecified atom stereocenters. The van der Waals surface area contributed by atoms with Crippen molar-refractivity contribution >= 4 is 41.0 Å². The number of benzene rings is 3. The SMILES string of the molecule is CS(Cc1cccc2ccccc12)(c1ccc(O)cc1)N(S(=O)(=O)C(F)(F)F)S(=O)(=O)C(F)(F)F. The van der Waals surface area contributed by atoms with E-state index in [0.29, 0.717) is 10.8 Å². The lowest BCUT2D eigenvalue weighted by Crippen LogP contribution is -2.50. The normalized spacial score (nSPS) is 16.2. The number of nitrogens with zero attached hydrogens (tertiary/aromatic N) is 1. The lowest BCUT2D eigenvalue weighted by Gasteiger charge is -2.44. The molecule has 15 heteroatoms. The molecule has 35 heavy (non-hydrogen) atoms. The van der Waals surface area contributed by atoms with E-state index in [1.165, 1.54) is 18.2 Å². The van der Waals surface area contributed by atoms with Gasteiger partial charge in [0.1, 0.15) is 5.75 Å². The van der Waals surface area contributed by atoms with Gasteiger partial charge in [-0.15, -0.1) is 10.2 Å². The standard InChI is InChI=1S/C20H17F6NO5S3/c1-33(17-11-9-16(28)10-12-17,13-15-7-4-6-14-5-2-3-8-18(14)15)27(34(29,30)19(21,22)23)35(31,32)20(24,25)26/h2-12,28H,13H2,1H3. The summed E-state index contributed by atoms with van der Waals surface area (Å²) in [6.45, 7) is 0. The number of aromatic hydroxyl groups is 1. The van der Waals surface area contributed by atoms with Gasteiger partial charge >= 0.3 is 31.1 Å². The van der Waals surface area contributed by atoms with E-state index < -0.39 is 60.8 Å². The molecule has 192 valence electrons. The highest BCUT2D eigenvalue weighted by Crippen LogP contribution is 2.64. The van der Waals surface area contributed by atoms with Gasteiger partial charge in [-0.05, 0) is 50.0 Å². The van der Waals surface area contributed by atoms with Crippen molar-refractivity contribution in [3.8, 4) is 5.75 Å². The van der Waals surface area contributed by atoms with Crippen molar-refractivity contribution < 1.29 is 48.3 Å². The molecule has 3 rings (SSSR count). The summed E-state index contributed by atoms with van der Waals surface area (Å²) >= 11 is 0. The fourth-order valence-electron chi connectivity index (χ4n) is 3.41. The third-order valence-corrected chi connectivity index (χ3v) is 14.1. The Labute approximate surface area is 198 Å². The molecule has 0 aliphatic rings. The summed E-state index contributed by atoms with van der Waals surface area (Å²) in [5.41, 5.74) is -12.6. The lowest BCUT2D eigenvalue weighted by molar-refractivity contribution is -0.0505. The van der Waals surface area contributed by atoms with Gasteiger partial charge in [-0.2, -0.15) is 26.3 Å². The van der Waals surface area contributed by atoms with E-state index in [1.807, 2.05) is 0 Å². The maximum Gasteiger partial charge on any atom is 0.513 e. The maximum absolute atomic E-state index is 13.6. The first-order valence-electron chi connectivity index (χ1n) is 9.38. The fourth-order valence-corrected chi connectivity index (χ4v) is 12.1. The number of phenolic OH excluding ortho intramolecular Hbond substituents is 1. The van der Waals surface area contributed by atoms with Crippen LogP contribution < -0.4 is 0 Å². The average molecular weight is 562 g/mol. The summed E-state index contributed by atoms with van der Waals surface area (Å²) < 4.78 is 130. The van der Waals surface area contributed by atoms with Gasteiger partial charge in [-0.1, -0.05) is 42.5 Å². The van der Waals surface area contributed by atoms with E-state index in [-0.39, 0.29) is 5.56 Å². The Balaban J connectivity index is 2.43. The molecule has 0 radical (unpaired) electrons. The smallest absolute Gasteiger partial charge is 0.508 e. The minimum absolute atomic E-state index is 0.119. The van der Waals surface area contributed by atoms with E-state index in [0.717, 1.165) is 30.5 Å². The highest BCUT2D eigenvalue weighted by molar-refractivity contribution is 8.40. The molecule has 0 fully saturated rings. The summed E-state index contributed by atoms with van der Waals surface area (Å²) in [5, 5.41) is 10.5. The van der Waals surface area contributed by atoms with E-state index in [9.17, 15) is 48.3 Å². The van der Waals surface area contributed by atoms with Gasteiger partial charge in [-0.3, -0.25) is 0 Å². The molecule has 1 atom stereocenters. The van der Waals surface area contributed by atoms with E-state index in [2.05, 4.69) is 0 Å². The van der Waals surface area contributed by atoms with Crippen LogP contribution in [0.4, 0.5) is 26.3 Å². The van der Waals surface area contributed by atoms with Crippen LogP contribution in [-0.4, -0.2) is 42.3 Å². The largest absolute Gasteiger partial charge is 0.513 e. The molecule has 0 aliphatic heterocycles. The zero-order valence-corrected chi connectivity index (χ0v) is 20.0. The summed E-state index contributed by atoms with van der Waals surface area (Å²) in [7, 11) is -18.3. The second-order valence-electron chi connectivity index (χ2n) is 7.38. The molecule has 0 aromatic heterocycles. The summed E-state index contributed by atoms with van der Waals surface area (Å²) in [4.78, 5) is -0.455. The van der Waals surface area contributed by atoms with Crippen molar-refractivity contribution in [3.63, 3.8) is 0 Å². The van der Waals surface area contributed by atoms with Crippen LogP contribution in [-0.2, 0) is 25.8 Å². The molecule has 0 saturated carbocycles. The number of sulfonamides is 2. The monoisotopic (exact) mass is 561 g/mol. The Morgan fingerprint density at radius 1 is 0.743 bits per heavy atom. The quantitative estimate of drug-likeness (QED) is 0.404. The Morgan fingerprint density at radius 2 is 1.23 bits per heavy atom. The van der Waals surface area contributed by atoms with Crippen LogP contribution in [0.1, 0.15) is 5.56 Å². The van der Waals surface area contributed by atoms with Crippen molar-refractivity contribution in [3.05, 3.63) is 72.3 Å². The topological polar surface area (TPSA) is 91.8 Å². The third-order valence-electron chi connectivity index (χ3n) is 4.97. The van der Waals surface area contributed by atoms with Gasteiger partial charge in [0.15, 0.2) is 0 Å². The Hall–Kier alpha value is -2.49. The number of halogens is 6. The zero-order valence-electron chi connectivity index (χ0n) is 17.6. The van der Waals surface area contributed by atoms with Gasteiger partial charge in [-0.25, -0.2) is 16.8 Å². The molecule has 0 saturated heterocycles. The average Bonchev–Trinajstić information content (AvgIpc) is 2.72. The maximum atomic E-state index is 13.6. The lowest BCUT2D eigenvalue weighted by atomic mass is 10.1. The van der Waals surface area contributed by atoms with Gasteiger partial charge in [0.2, 0.25) is 0 Å². The van der Waals surface area contributed by atoms with Gasteiger partial charge in [0.05, 0.1) is 0 Å². The first-order valence-corrected chi connectivity index (χ1v) is 14.4. The van der Waals surface area contributed by atoms with E-state index >= 15 is 0 Å². The van der Waals surface area contributed by atoms with Crippen LogP contribution in [0, 0.1) is 0 Å². The zero-order chi connectivity index (χ0) is 26.4. The molecule has 0 amide bonds. The second kappa shape index (κ2) is 8.87. The number of phenols is 1. The van der Waals surface area contributed by atoms with Crippen LogP contribution >= 0.6 is 10.2 Å². The van der Waals surface area contributed by atoms with Crippen molar-refractivity contribution in [2.45, 2.75) is 21.7 Å². The van der Waals surface area contributed by atoms with Gasteiger partial charge < -0.3 is 5.11 Å². The summed E-state index contributed by atoms with van der Waals surface area (Å²) in [6, 6.07) is 14.3. The highest BCUT2D eigenvalue weighted by Gasteiger charge is 2.65. The molecule has 3 aromatic carbocycles. The fraction of sp³-hybridized carbons (Fsp3) is 0.200.